The molecule has 2 unspecified atom stereocenters. The first-order chi connectivity index (χ1) is 7.40. The first kappa shape index (κ1) is 13.5. The van der Waals surface area contributed by atoms with E-state index in [1.807, 2.05) is 11.9 Å². The highest BCUT2D eigenvalue weighted by molar-refractivity contribution is 5.83. The van der Waals surface area contributed by atoms with Crippen molar-refractivity contribution in [1.82, 2.24) is 10.2 Å². The lowest BCUT2D eigenvalue weighted by molar-refractivity contribution is -0.137. The largest absolute Gasteiger partial charge is 0.342 e. The Hall–Kier alpha value is -0.570. The highest BCUT2D eigenvalue weighted by atomic mass is 16.2. The molecule has 1 aliphatic heterocycles. The number of likely N-dealkylation sites (N-methyl/N-ethyl adjacent to an activating group) is 1. The van der Waals surface area contributed by atoms with E-state index >= 15 is 0 Å². The van der Waals surface area contributed by atoms with Gasteiger partial charge in [0, 0.05) is 13.1 Å². The van der Waals surface area contributed by atoms with E-state index < -0.39 is 0 Å². The summed E-state index contributed by atoms with van der Waals surface area (Å²) in [6.45, 7) is 9.56. The van der Waals surface area contributed by atoms with Crippen LogP contribution >= 0.6 is 0 Å². The van der Waals surface area contributed by atoms with E-state index in [1.165, 1.54) is 6.42 Å². The molecule has 1 amide bonds. The molecule has 0 aliphatic carbocycles. The molecule has 0 radical (unpaired) electrons. The van der Waals surface area contributed by atoms with Gasteiger partial charge < -0.3 is 10.2 Å². The number of carbonyl (C=O) groups is 1. The summed E-state index contributed by atoms with van der Waals surface area (Å²) in [5, 5.41) is 3.38. The first-order valence-corrected chi connectivity index (χ1v) is 6.40. The third-order valence-electron chi connectivity index (χ3n) is 3.97. The lowest BCUT2D eigenvalue weighted by Crippen LogP contribution is -2.57. The van der Waals surface area contributed by atoms with Crippen molar-refractivity contribution >= 4 is 5.91 Å². The van der Waals surface area contributed by atoms with Crippen LogP contribution in [-0.4, -0.2) is 36.5 Å². The zero-order valence-corrected chi connectivity index (χ0v) is 11.3. The van der Waals surface area contributed by atoms with Crippen molar-refractivity contribution in [1.29, 1.82) is 0 Å². The maximum atomic E-state index is 12.4. The number of rotatable bonds is 3. The van der Waals surface area contributed by atoms with Crippen molar-refractivity contribution in [3.05, 3.63) is 0 Å². The summed E-state index contributed by atoms with van der Waals surface area (Å²) in [7, 11) is 1.92. The van der Waals surface area contributed by atoms with Crippen LogP contribution in [0.3, 0.4) is 0 Å². The Morgan fingerprint density at radius 3 is 2.69 bits per heavy atom. The monoisotopic (exact) mass is 226 g/mol. The molecule has 1 N–H and O–H groups in total. The Balaban J connectivity index is 2.71. The van der Waals surface area contributed by atoms with Gasteiger partial charge in [-0.25, -0.2) is 0 Å². The second kappa shape index (κ2) is 5.17. The number of nitrogens with one attached hydrogen (secondary N) is 1. The van der Waals surface area contributed by atoms with Crippen molar-refractivity contribution in [2.45, 2.75) is 59.0 Å². The molecule has 94 valence electrons. The van der Waals surface area contributed by atoms with E-state index in [9.17, 15) is 4.79 Å². The van der Waals surface area contributed by atoms with Gasteiger partial charge in [-0.2, -0.15) is 0 Å². The van der Waals surface area contributed by atoms with Crippen LogP contribution < -0.4 is 5.32 Å². The summed E-state index contributed by atoms with van der Waals surface area (Å²) < 4.78 is 0. The van der Waals surface area contributed by atoms with Crippen LogP contribution in [-0.2, 0) is 4.79 Å². The Morgan fingerprint density at radius 2 is 2.19 bits per heavy atom. The second-order valence-electron chi connectivity index (χ2n) is 5.69. The van der Waals surface area contributed by atoms with Crippen molar-refractivity contribution in [3.63, 3.8) is 0 Å². The van der Waals surface area contributed by atoms with E-state index in [4.69, 9.17) is 0 Å². The SMILES string of the molecule is CCC(C)N(C)C(=O)C1NCCCC1(C)C. The number of hydrogen-bond donors (Lipinski definition) is 1. The van der Waals surface area contributed by atoms with Gasteiger partial charge in [0.15, 0.2) is 0 Å². The van der Waals surface area contributed by atoms with Gasteiger partial charge in [-0.15, -0.1) is 0 Å². The fourth-order valence-corrected chi connectivity index (χ4v) is 2.33. The third-order valence-corrected chi connectivity index (χ3v) is 3.97. The van der Waals surface area contributed by atoms with E-state index in [2.05, 4.69) is 33.0 Å². The molecular formula is C13H26N2O. The van der Waals surface area contributed by atoms with Crippen LogP contribution in [0.5, 0.6) is 0 Å². The number of hydrogen-bond acceptors (Lipinski definition) is 2. The van der Waals surface area contributed by atoms with Crippen LogP contribution in [0.2, 0.25) is 0 Å². The molecular weight excluding hydrogens is 200 g/mol. The minimum atomic E-state index is -0.0137. The lowest BCUT2D eigenvalue weighted by Gasteiger charge is -2.41. The van der Waals surface area contributed by atoms with E-state index in [0.717, 1.165) is 19.4 Å². The van der Waals surface area contributed by atoms with Crippen molar-refractivity contribution in [2.24, 2.45) is 5.41 Å². The summed E-state index contributed by atoms with van der Waals surface area (Å²) in [6.07, 6.45) is 3.31. The van der Waals surface area contributed by atoms with Gasteiger partial charge in [0.2, 0.25) is 5.91 Å². The average molecular weight is 226 g/mol. The Morgan fingerprint density at radius 1 is 1.56 bits per heavy atom. The molecule has 1 saturated heterocycles. The normalized spacial score (nSPS) is 26.2. The van der Waals surface area contributed by atoms with Crippen molar-refractivity contribution in [2.75, 3.05) is 13.6 Å². The third kappa shape index (κ3) is 2.76. The Bertz CT molecular complexity index is 250. The smallest absolute Gasteiger partial charge is 0.240 e. The van der Waals surface area contributed by atoms with Crippen molar-refractivity contribution in [3.8, 4) is 0 Å². The molecule has 16 heavy (non-hydrogen) atoms. The summed E-state index contributed by atoms with van der Waals surface area (Å²) >= 11 is 0. The van der Waals surface area contributed by atoms with Crippen LogP contribution in [0.4, 0.5) is 0 Å². The Kier molecular flexibility index (Phi) is 4.36. The molecule has 3 heteroatoms. The zero-order chi connectivity index (χ0) is 12.3. The number of carbonyl (C=O) groups excluding carboxylic acids is 1. The quantitative estimate of drug-likeness (QED) is 0.798. The molecule has 2 atom stereocenters. The number of amides is 1. The maximum Gasteiger partial charge on any atom is 0.240 e. The second-order valence-corrected chi connectivity index (χ2v) is 5.69. The van der Waals surface area contributed by atoms with Crippen molar-refractivity contribution < 1.29 is 4.79 Å². The zero-order valence-electron chi connectivity index (χ0n) is 11.3. The predicted octanol–water partition coefficient (Wildman–Crippen LogP) is 2.02. The molecule has 0 saturated carbocycles. The molecule has 1 rings (SSSR count). The lowest BCUT2D eigenvalue weighted by atomic mass is 9.77. The van der Waals surface area contributed by atoms with Crippen LogP contribution in [0.25, 0.3) is 0 Å². The molecule has 0 aromatic carbocycles. The predicted molar refractivity (Wildman–Crippen MR) is 67.3 cm³/mol. The van der Waals surface area contributed by atoms with Crippen LogP contribution in [0.1, 0.15) is 47.0 Å². The van der Waals surface area contributed by atoms with E-state index in [1.54, 1.807) is 0 Å². The molecule has 3 nitrogen and oxygen atoms in total. The molecule has 0 aromatic rings. The molecule has 1 fully saturated rings. The van der Waals surface area contributed by atoms with Gasteiger partial charge in [-0.3, -0.25) is 4.79 Å². The fourth-order valence-electron chi connectivity index (χ4n) is 2.33. The minimum Gasteiger partial charge on any atom is -0.342 e. The number of piperidine rings is 1. The first-order valence-electron chi connectivity index (χ1n) is 6.40. The molecule has 0 bridgehead atoms. The molecule has 1 aliphatic rings. The van der Waals surface area contributed by atoms with Gasteiger partial charge in [0.25, 0.3) is 0 Å². The average Bonchev–Trinajstić information content (AvgIpc) is 2.25. The van der Waals surface area contributed by atoms with Gasteiger partial charge in [-0.05, 0) is 38.1 Å². The summed E-state index contributed by atoms with van der Waals surface area (Å²) in [4.78, 5) is 14.3. The van der Waals surface area contributed by atoms with Gasteiger partial charge in [-0.1, -0.05) is 20.8 Å². The van der Waals surface area contributed by atoms with E-state index in [-0.39, 0.29) is 17.4 Å². The molecule has 1 heterocycles. The van der Waals surface area contributed by atoms with E-state index in [0.29, 0.717) is 6.04 Å². The highest BCUT2D eigenvalue weighted by Gasteiger charge is 2.38. The topological polar surface area (TPSA) is 32.3 Å². The highest BCUT2D eigenvalue weighted by Crippen LogP contribution is 2.31. The summed E-state index contributed by atoms with van der Waals surface area (Å²) in [5.74, 6) is 0.249. The van der Waals surface area contributed by atoms with Crippen LogP contribution in [0.15, 0.2) is 0 Å². The van der Waals surface area contributed by atoms with Crippen LogP contribution in [0, 0.1) is 5.41 Å². The molecule has 0 spiro atoms. The summed E-state index contributed by atoms with van der Waals surface area (Å²) in [6, 6.07) is 0.312. The standard InChI is InChI=1S/C13H26N2O/c1-6-10(2)15(5)12(16)11-13(3,4)8-7-9-14-11/h10-11,14H,6-9H2,1-5H3. The number of nitrogens with zero attached hydrogens (tertiary/aromatic N) is 1. The Labute approximate surface area is 99.6 Å². The van der Waals surface area contributed by atoms with Gasteiger partial charge in [0.05, 0.1) is 6.04 Å². The minimum absolute atomic E-state index is 0.0137. The molecule has 0 aromatic heterocycles. The van der Waals surface area contributed by atoms with Gasteiger partial charge in [0.1, 0.15) is 0 Å². The van der Waals surface area contributed by atoms with Gasteiger partial charge >= 0.3 is 0 Å². The summed E-state index contributed by atoms with van der Waals surface area (Å²) in [5.41, 5.74) is 0.0804. The fraction of sp³-hybridized carbons (Fsp3) is 0.923. The maximum absolute atomic E-state index is 12.4.